The van der Waals surface area contributed by atoms with Crippen LogP contribution in [-0.2, 0) is 22.4 Å². The Labute approximate surface area is 122 Å². The summed E-state index contributed by atoms with van der Waals surface area (Å²) >= 11 is 0. The van der Waals surface area contributed by atoms with Crippen LogP contribution in [0.4, 0.5) is 5.82 Å². The van der Waals surface area contributed by atoms with Crippen LogP contribution in [0.5, 0.6) is 0 Å². The summed E-state index contributed by atoms with van der Waals surface area (Å²) in [5, 5.41) is 9.04. The number of amides is 1. The summed E-state index contributed by atoms with van der Waals surface area (Å²) in [4.78, 5) is 28.7. The quantitative estimate of drug-likeness (QED) is 0.744. The van der Waals surface area contributed by atoms with Crippen molar-refractivity contribution in [3.8, 4) is 0 Å². The number of primary amides is 1. The number of hydrogen-bond acceptors (Lipinski definition) is 5. The van der Waals surface area contributed by atoms with Crippen molar-refractivity contribution in [3.05, 3.63) is 22.9 Å². The van der Waals surface area contributed by atoms with Crippen molar-refractivity contribution in [3.63, 3.8) is 0 Å². The average molecular weight is 293 g/mol. The van der Waals surface area contributed by atoms with Crippen LogP contribution in [0.1, 0.15) is 28.0 Å². The molecule has 21 heavy (non-hydrogen) atoms. The number of pyridine rings is 1. The van der Waals surface area contributed by atoms with Crippen LogP contribution >= 0.6 is 0 Å². The Morgan fingerprint density at radius 1 is 1.48 bits per heavy atom. The SMILES string of the molecule is COCCN(CC(=O)O)c1nc2c(cc1C(N)=O)CCC2. The van der Waals surface area contributed by atoms with E-state index in [9.17, 15) is 9.59 Å². The van der Waals surface area contributed by atoms with E-state index in [4.69, 9.17) is 15.6 Å². The maximum absolute atomic E-state index is 11.7. The number of nitrogens with zero attached hydrogens (tertiary/aromatic N) is 2. The largest absolute Gasteiger partial charge is 0.480 e. The molecule has 0 aliphatic heterocycles. The number of carboxylic acids is 1. The molecule has 2 rings (SSSR count). The van der Waals surface area contributed by atoms with Crippen LogP contribution in [0.3, 0.4) is 0 Å². The lowest BCUT2D eigenvalue weighted by Crippen LogP contribution is -2.35. The third-order valence-corrected chi connectivity index (χ3v) is 3.49. The van der Waals surface area contributed by atoms with Crippen molar-refractivity contribution >= 4 is 17.7 Å². The second-order valence-corrected chi connectivity index (χ2v) is 4.99. The Hall–Kier alpha value is -2.15. The fourth-order valence-electron chi connectivity index (χ4n) is 2.51. The first-order chi connectivity index (χ1) is 10.0. The van der Waals surface area contributed by atoms with Crippen molar-refractivity contribution in [2.24, 2.45) is 5.73 Å². The van der Waals surface area contributed by atoms with E-state index in [0.717, 1.165) is 30.5 Å². The maximum atomic E-state index is 11.7. The van der Waals surface area contributed by atoms with Gasteiger partial charge < -0.3 is 20.5 Å². The minimum Gasteiger partial charge on any atom is -0.480 e. The van der Waals surface area contributed by atoms with Gasteiger partial charge >= 0.3 is 5.97 Å². The fourth-order valence-corrected chi connectivity index (χ4v) is 2.51. The van der Waals surface area contributed by atoms with Crippen molar-refractivity contribution in [2.75, 3.05) is 31.7 Å². The third-order valence-electron chi connectivity index (χ3n) is 3.49. The number of carboxylic acid groups (broad SMARTS) is 1. The molecule has 0 saturated carbocycles. The van der Waals surface area contributed by atoms with Gasteiger partial charge in [-0.05, 0) is 30.9 Å². The summed E-state index contributed by atoms with van der Waals surface area (Å²) in [7, 11) is 1.53. The number of nitrogens with two attached hydrogens (primary N) is 1. The van der Waals surface area contributed by atoms with Crippen LogP contribution in [0, 0.1) is 0 Å². The number of fused-ring (bicyclic) bond motifs is 1. The molecule has 0 fully saturated rings. The zero-order valence-corrected chi connectivity index (χ0v) is 12.0. The Balaban J connectivity index is 2.41. The highest BCUT2D eigenvalue weighted by atomic mass is 16.5. The number of carbonyl (C=O) groups excluding carboxylic acids is 1. The summed E-state index contributed by atoms with van der Waals surface area (Å²) in [6.07, 6.45) is 2.70. The monoisotopic (exact) mass is 293 g/mol. The molecule has 0 saturated heterocycles. The average Bonchev–Trinajstić information content (AvgIpc) is 2.88. The van der Waals surface area contributed by atoms with Crippen LogP contribution in [-0.4, -0.2) is 48.8 Å². The first-order valence-electron chi connectivity index (χ1n) is 6.81. The molecule has 0 aromatic carbocycles. The van der Waals surface area contributed by atoms with Crippen molar-refractivity contribution in [1.82, 2.24) is 4.98 Å². The predicted molar refractivity (Wildman–Crippen MR) is 76.5 cm³/mol. The second-order valence-electron chi connectivity index (χ2n) is 4.99. The summed E-state index contributed by atoms with van der Waals surface area (Å²) < 4.78 is 4.99. The van der Waals surface area contributed by atoms with E-state index < -0.39 is 11.9 Å². The summed E-state index contributed by atoms with van der Waals surface area (Å²) in [5.74, 6) is -1.26. The standard InChI is InChI=1S/C14H19N3O4/c1-21-6-5-17(8-12(18)19)14-10(13(15)20)7-9-3-2-4-11(9)16-14/h7H,2-6,8H2,1H3,(H2,15,20)(H,18,19). The van der Waals surface area contributed by atoms with Gasteiger partial charge in [-0.3, -0.25) is 9.59 Å². The first kappa shape index (κ1) is 15.2. The highest BCUT2D eigenvalue weighted by Crippen LogP contribution is 2.27. The third kappa shape index (κ3) is 3.49. The normalized spacial score (nSPS) is 13.0. The van der Waals surface area contributed by atoms with E-state index >= 15 is 0 Å². The van der Waals surface area contributed by atoms with Gasteiger partial charge in [0.15, 0.2) is 0 Å². The smallest absolute Gasteiger partial charge is 0.323 e. The van der Waals surface area contributed by atoms with E-state index in [1.54, 1.807) is 6.07 Å². The number of hydrogen-bond donors (Lipinski definition) is 2. The van der Waals surface area contributed by atoms with Crippen molar-refractivity contribution in [2.45, 2.75) is 19.3 Å². The number of ether oxygens (including phenoxy) is 1. The van der Waals surface area contributed by atoms with Gasteiger partial charge in [-0.25, -0.2) is 4.98 Å². The Kier molecular flexibility index (Phi) is 4.74. The van der Waals surface area contributed by atoms with Gasteiger partial charge in [0.05, 0.1) is 12.2 Å². The molecule has 0 bridgehead atoms. The number of rotatable bonds is 7. The minimum absolute atomic E-state index is 0.255. The van der Waals surface area contributed by atoms with Crippen molar-refractivity contribution in [1.29, 1.82) is 0 Å². The van der Waals surface area contributed by atoms with Crippen LogP contribution in [0.2, 0.25) is 0 Å². The lowest BCUT2D eigenvalue weighted by molar-refractivity contribution is -0.135. The second kappa shape index (κ2) is 6.53. The molecule has 1 aromatic heterocycles. The summed E-state index contributed by atoms with van der Waals surface area (Å²) in [6.45, 7) is 0.411. The van der Waals surface area contributed by atoms with E-state index in [-0.39, 0.29) is 12.1 Å². The number of aliphatic carboxylic acids is 1. The predicted octanol–water partition coefficient (Wildman–Crippen LogP) is 0.207. The number of anilines is 1. The molecule has 0 atom stereocenters. The summed E-state index contributed by atoms with van der Waals surface area (Å²) in [5.41, 5.74) is 7.63. The number of aryl methyl sites for hydroxylation is 2. The molecule has 0 unspecified atom stereocenters. The van der Waals surface area contributed by atoms with E-state index in [0.29, 0.717) is 19.0 Å². The molecule has 7 nitrogen and oxygen atoms in total. The van der Waals surface area contributed by atoms with E-state index in [2.05, 4.69) is 4.98 Å². The number of aromatic nitrogens is 1. The zero-order chi connectivity index (χ0) is 15.4. The van der Waals surface area contributed by atoms with Gasteiger partial charge in [0, 0.05) is 19.3 Å². The van der Waals surface area contributed by atoms with Crippen LogP contribution in [0.25, 0.3) is 0 Å². The molecule has 1 aliphatic rings. The van der Waals surface area contributed by atoms with Gasteiger partial charge in [0.2, 0.25) is 0 Å². The van der Waals surface area contributed by atoms with Gasteiger partial charge in [0.25, 0.3) is 5.91 Å². The van der Waals surface area contributed by atoms with Crippen LogP contribution in [0.15, 0.2) is 6.07 Å². The molecule has 3 N–H and O–H groups in total. The molecule has 1 heterocycles. The minimum atomic E-state index is -0.996. The van der Waals surface area contributed by atoms with E-state index in [1.807, 2.05) is 0 Å². The topological polar surface area (TPSA) is 106 Å². The maximum Gasteiger partial charge on any atom is 0.323 e. The molecule has 7 heteroatoms. The molecular weight excluding hydrogens is 274 g/mol. The van der Waals surface area contributed by atoms with Gasteiger partial charge in [-0.2, -0.15) is 0 Å². The Bertz CT molecular complexity index is 559. The molecule has 1 aliphatic carbocycles. The Morgan fingerprint density at radius 3 is 2.86 bits per heavy atom. The zero-order valence-electron chi connectivity index (χ0n) is 12.0. The fraction of sp³-hybridized carbons (Fsp3) is 0.500. The highest BCUT2D eigenvalue weighted by molar-refractivity contribution is 5.98. The van der Waals surface area contributed by atoms with Gasteiger partial charge in [-0.15, -0.1) is 0 Å². The lowest BCUT2D eigenvalue weighted by atomic mass is 10.1. The van der Waals surface area contributed by atoms with Gasteiger partial charge in [0.1, 0.15) is 12.4 Å². The van der Waals surface area contributed by atoms with Gasteiger partial charge in [-0.1, -0.05) is 0 Å². The molecule has 1 amide bonds. The molecule has 1 aromatic rings. The molecular formula is C14H19N3O4. The van der Waals surface area contributed by atoms with Crippen LogP contribution < -0.4 is 10.6 Å². The lowest BCUT2D eigenvalue weighted by Gasteiger charge is -2.24. The molecule has 114 valence electrons. The number of carbonyl (C=O) groups is 2. The molecule has 0 spiro atoms. The van der Waals surface area contributed by atoms with Crippen molar-refractivity contribution < 1.29 is 19.4 Å². The van der Waals surface area contributed by atoms with E-state index in [1.165, 1.54) is 12.0 Å². The highest BCUT2D eigenvalue weighted by Gasteiger charge is 2.23. The Morgan fingerprint density at radius 2 is 2.24 bits per heavy atom. The first-order valence-corrected chi connectivity index (χ1v) is 6.81. The number of methoxy groups -OCH3 is 1. The molecule has 0 radical (unpaired) electrons. The summed E-state index contributed by atoms with van der Waals surface area (Å²) in [6, 6.07) is 1.74.